The molecule has 4 heteroatoms. The minimum atomic E-state index is -0.0563. The molecule has 0 saturated heterocycles. The maximum absolute atomic E-state index is 11.0. The topological polar surface area (TPSA) is 57.8 Å². The average molecular weight is 207 g/mol. The molecule has 1 aromatic heterocycles. The number of anilines is 1. The van der Waals surface area contributed by atoms with E-state index in [1.165, 1.54) is 44.6 Å². The molecule has 1 aliphatic carbocycles. The van der Waals surface area contributed by atoms with Gasteiger partial charge in [0.05, 0.1) is 0 Å². The summed E-state index contributed by atoms with van der Waals surface area (Å²) in [7, 11) is 0. The van der Waals surface area contributed by atoms with Gasteiger partial charge in [-0.3, -0.25) is 9.89 Å². The molecule has 0 radical (unpaired) electrons. The monoisotopic (exact) mass is 207 g/mol. The number of hydrogen-bond acceptors (Lipinski definition) is 2. The van der Waals surface area contributed by atoms with Gasteiger partial charge in [-0.25, -0.2) is 0 Å². The Morgan fingerprint density at radius 2 is 2.20 bits per heavy atom. The number of rotatable bonds is 2. The molecule has 2 rings (SSSR count). The molecule has 0 aromatic carbocycles. The first-order valence-electron chi connectivity index (χ1n) is 5.58. The first-order valence-corrected chi connectivity index (χ1v) is 5.58. The lowest BCUT2D eigenvalue weighted by molar-refractivity contribution is -0.114. The van der Waals surface area contributed by atoms with E-state index in [2.05, 4.69) is 15.5 Å². The van der Waals surface area contributed by atoms with Crippen molar-refractivity contribution in [2.75, 3.05) is 5.32 Å². The molecule has 1 saturated carbocycles. The van der Waals surface area contributed by atoms with Gasteiger partial charge >= 0.3 is 0 Å². The van der Waals surface area contributed by atoms with Gasteiger partial charge in [0.2, 0.25) is 5.91 Å². The third kappa shape index (κ3) is 2.37. The Kier molecular flexibility index (Phi) is 3.04. The first-order chi connectivity index (χ1) is 7.27. The molecule has 0 bridgehead atoms. The van der Waals surface area contributed by atoms with Gasteiger partial charge in [-0.15, -0.1) is 0 Å². The van der Waals surface area contributed by atoms with E-state index in [4.69, 9.17) is 0 Å². The molecule has 1 amide bonds. The van der Waals surface area contributed by atoms with E-state index in [-0.39, 0.29) is 5.91 Å². The van der Waals surface area contributed by atoms with Crippen LogP contribution >= 0.6 is 0 Å². The summed E-state index contributed by atoms with van der Waals surface area (Å²) >= 11 is 0. The molecule has 0 aliphatic heterocycles. The van der Waals surface area contributed by atoms with Crippen molar-refractivity contribution in [2.24, 2.45) is 0 Å². The van der Waals surface area contributed by atoms with Crippen LogP contribution in [0.15, 0.2) is 6.20 Å². The second kappa shape index (κ2) is 4.47. The molecule has 0 unspecified atom stereocenters. The summed E-state index contributed by atoms with van der Waals surface area (Å²) in [4.78, 5) is 11.0. The first kappa shape index (κ1) is 10.2. The number of aromatic nitrogens is 2. The van der Waals surface area contributed by atoms with Crippen LogP contribution in [0.25, 0.3) is 0 Å². The van der Waals surface area contributed by atoms with Crippen LogP contribution in [0, 0.1) is 0 Å². The van der Waals surface area contributed by atoms with Crippen LogP contribution in [0.2, 0.25) is 0 Å². The fourth-order valence-electron chi connectivity index (χ4n) is 2.29. The van der Waals surface area contributed by atoms with Gasteiger partial charge in [0.15, 0.2) is 5.82 Å². The van der Waals surface area contributed by atoms with E-state index in [1.54, 1.807) is 0 Å². The lowest BCUT2D eigenvalue weighted by Crippen LogP contribution is -2.11. The van der Waals surface area contributed by atoms with Crippen LogP contribution in [-0.2, 0) is 4.79 Å². The third-order valence-corrected chi connectivity index (χ3v) is 3.01. The largest absolute Gasteiger partial charge is 0.309 e. The summed E-state index contributed by atoms with van der Waals surface area (Å²) < 4.78 is 0. The average Bonchev–Trinajstić information content (AvgIpc) is 2.66. The van der Waals surface area contributed by atoms with Crippen molar-refractivity contribution < 1.29 is 4.79 Å². The number of hydrogen-bond donors (Lipinski definition) is 2. The van der Waals surface area contributed by atoms with Crippen LogP contribution in [0.1, 0.15) is 50.5 Å². The summed E-state index contributed by atoms with van der Waals surface area (Å²) in [6.45, 7) is 1.51. The number of carbonyl (C=O) groups is 1. The highest BCUT2D eigenvalue weighted by Gasteiger charge is 2.20. The molecule has 1 aliphatic rings. The Bertz CT molecular complexity index is 339. The van der Waals surface area contributed by atoms with E-state index in [9.17, 15) is 4.79 Å². The van der Waals surface area contributed by atoms with Crippen molar-refractivity contribution in [3.63, 3.8) is 0 Å². The highest BCUT2D eigenvalue weighted by atomic mass is 16.1. The lowest BCUT2D eigenvalue weighted by atomic mass is 9.85. The molecule has 4 nitrogen and oxygen atoms in total. The zero-order valence-electron chi connectivity index (χ0n) is 9.05. The van der Waals surface area contributed by atoms with Crippen molar-refractivity contribution in [1.29, 1.82) is 0 Å². The number of nitrogens with zero attached hydrogens (tertiary/aromatic N) is 1. The summed E-state index contributed by atoms with van der Waals surface area (Å²) in [5, 5.41) is 9.68. The predicted molar refractivity (Wildman–Crippen MR) is 58.7 cm³/mol. The van der Waals surface area contributed by atoms with Crippen molar-refractivity contribution >= 4 is 11.7 Å². The van der Waals surface area contributed by atoms with Crippen LogP contribution < -0.4 is 5.32 Å². The second-order valence-electron chi connectivity index (χ2n) is 4.21. The zero-order chi connectivity index (χ0) is 10.7. The summed E-state index contributed by atoms with van der Waals surface area (Å²) in [6.07, 6.45) is 8.26. The second-order valence-corrected chi connectivity index (χ2v) is 4.21. The molecule has 0 atom stereocenters. The summed E-state index contributed by atoms with van der Waals surface area (Å²) in [6, 6.07) is 0. The van der Waals surface area contributed by atoms with Crippen LogP contribution in [0.5, 0.6) is 0 Å². The minimum absolute atomic E-state index is 0.0563. The minimum Gasteiger partial charge on any atom is -0.309 e. The van der Waals surface area contributed by atoms with Crippen LogP contribution in [0.4, 0.5) is 5.82 Å². The van der Waals surface area contributed by atoms with E-state index in [0.29, 0.717) is 5.92 Å². The van der Waals surface area contributed by atoms with Gasteiger partial charge in [0.1, 0.15) is 0 Å². The lowest BCUT2D eigenvalue weighted by Gasteiger charge is -2.21. The Balaban J connectivity index is 2.12. The number of amides is 1. The molecular formula is C11H17N3O. The molecule has 2 N–H and O–H groups in total. The SMILES string of the molecule is CC(=O)Nc1n[nH]cc1C1CCCCC1. The van der Waals surface area contributed by atoms with Crippen molar-refractivity contribution in [3.05, 3.63) is 11.8 Å². The Morgan fingerprint density at radius 3 is 2.87 bits per heavy atom. The van der Waals surface area contributed by atoms with Crippen molar-refractivity contribution in [3.8, 4) is 0 Å². The maximum atomic E-state index is 11.0. The predicted octanol–water partition coefficient (Wildman–Crippen LogP) is 2.42. The van der Waals surface area contributed by atoms with E-state index in [0.717, 1.165) is 5.82 Å². The standard InChI is InChI=1S/C11H17N3O/c1-8(15)13-11-10(7-12-14-11)9-5-3-2-4-6-9/h7,9H,2-6H2,1H3,(H2,12,13,14,15). The number of H-pyrrole nitrogens is 1. The summed E-state index contributed by atoms with van der Waals surface area (Å²) in [5.74, 6) is 1.23. The highest BCUT2D eigenvalue weighted by molar-refractivity contribution is 5.88. The smallest absolute Gasteiger partial charge is 0.222 e. The number of nitrogens with one attached hydrogen (secondary N) is 2. The van der Waals surface area contributed by atoms with E-state index in [1.807, 2.05) is 6.20 Å². The molecular weight excluding hydrogens is 190 g/mol. The molecule has 1 aromatic rings. The van der Waals surface area contributed by atoms with Crippen molar-refractivity contribution in [1.82, 2.24) is 10.2 Å². The quantitative estimate of drug-likeness (QED) is 0.782. The van der Waals surface area contributed by atoms with Crippen LogP contribution in [-0.4, -0.2) is 16.1 Å². The molecule has 0 spiro atoms. The van der Waals surface area contributed by atoms with Gasteiger partial charge in [0, 0.05) is 18.7 Å². The Hall–Kier alpha value is -1.32. The molecule has 1 fully saturated rings. The Morgan fingerprint density at radius 1 is 1.47 bits per heavy atom. The van der Waals surface area contributed by atoms with Gasteiger partial charge in [-0.2, -0.15) is 5.10 Å². The maximum Gasteiger partial charge on any atom is 0.222 e. The van der Waals surface area contributed by atoms with Crippen LogP contribution in [0.3, 0.4) is 0 Å². The Labute approximate surface area is 89.5 Å². The van der Waals surface area contributed by atoms with Gasteiger partial charge < -0.3 is 5.32 Å². The molecule has 1 heterocycles. The fourth-order valence-corrected chi connectivity index (χ4v) is 2.29. The number of carbonyl (C=O) groups excluding carboxylic acids is 1. The summed E-state index contributed by atoms with van der Waals surface area (Å²) in [5.41, 5.74) is 1.17. The van der Waals surface area contributed by atoms with E-state index >= 15 is 0 Å². The highest BCUT2D eigenvalue weighted by Crippen LogP contribution is 2.35. The van der Waals surface area contributed by atoms with Gasteiger partial charge in [0.25, 0.3) is 0 Å². The number of aromatic amines is 1. The van der Waals surface area contributed by atoms with Gasteiger partial charge in [-0.1, -0.05) is 19.3 Å². The fraction of sp³-hybridized carbons (Fsp3) is 0.636. The third-order valence-electron chi connectivity index (χ3n) is 3.01. The zero-order valence-corrected chi connectivity index (χ0v) is 9.05. The molecule has 15 heavy (non-hydrogen) atoms. The normalized spacial score (nSPS) is 17.7. The van der Waals surface area contributed by atoms with Crippen molar-refractivity contribution in [2.45, 2.75) is 44.9 Å². The van der Waals surface area contributed by atoms with E-state index < -0.39 is 0 Å². The van der Waals surface area contributed by atoms with Gasteiger partial charge in [-0.05, 0) is 18.8 Å². The molecule has 82 valence electrons.